The van der Waals surface area contributed by atoms with E-state index in [-0.39, 0.29) is 25.0 Å². The Bertz CT molecular complexity index is 794. The summed E-state index contributed by atoms with van der Waals surface area (Å²) in [5.74, 6) is -1.51. The van der Waals surface area contributed by atoms with Crippen LogP contribution in [-0.2, 0) is 22.7 Å². The molecule has 1 aliphatic heterocycles. The minimum Gasteiger partial charge on any atom is -0.480 e. The van der Waals surface area contributed by atoms with Crippen LogP contribution < -0.4 is 5.32 Å². The van der Waals surface area contributed by atoms with E-state index in [0.29, 0.717) is 12.2 Å². The summed E-state index contributed by atoms with van der Waals surface area (Å²) in [4.78, 5) is 24.7. The van der Waals surface area contributed by atoms with Crippen molar-refractivity contribution in [3.63, 3.8) is 0 Å². The first-order valence-corrected chi connectivity index (χ1v) is 8.21. The number of rotatable bonds is 6. The largest absolute Gasteiger partial charge is 0.480 e. The van der Waals surface area contributed by atoms with Crippen LogP contribution in [0, 0.1) is 5.82 Å². The molecule has 2 aromatic rings. The first kappa shape index (κ1) is 17.9. The molecule has 0 aromatic heterocycles. The maximum atomic E-state index is 13.0. The Balaban J connectivity index is 1.62. The second kappa shape index (κ2) is 7.97. The number of hydrogen-bond acceptors (Lipinski definition) is 3. The summed E-state index contributed by atoms with van der Waals surface area (Å²) in [6.45, 7) is 0.354. The minimum atomic E-state index is -1.12. The second-order valence-electron chi connectivity index (χ2n) is 6.06. The summed E-state index contributed by atoms with van der Waals surface area (Å²) in [6, 6.07) is 12.8. The van der Waals surface area contributed by atoms with Crippen LogP contribution in [0.25, 0.3) is 0 Å². The Morgan fingerprint density at radius 2 is 1.92 bits per heavy atom. The van der Waals surface area contributed by atoms with E-state index >= 15 is 0 Å². The van der Waals surface area contributed by atoms with Crippen molar-refractivity contribution >= 4 is 12.0 Å². The molecule has 7 heteroatoms. The van der Waals surface area contributed by atoms with Gasteiger partial charge in [-0.15, -0.1) is 0 Å². The predicted molar refractivity (Wildman–Crippen MR) is 91.8 cm³/mol. The van der Waals surface area contributed by atoms with E-state index in [0.717, 1.165) is 16.0 Å². The maximum Gasteiger partial charge on any atom is 0.323 e. The van der Waals surface area contributed by atoms with Gasteiger partial charge in [0.15, 0.2) is 0 Å². The van der Waals surface area contributed by atoms with Gasteiger partial charge in [-0.2, -0.15) is 0 Å². The van der Waals surface area contributed by atoms with Crippen LogP contribution in [0.5, 0.6) is 0 Å². The number of aliphatic carboxylic acids is 1. The van der Waals surface area contributed by atoms with Gasteiger partial charge in [-0.05, 0) is 28.8 Å². The third-order valence-corrected chi connectivity index (χ3v) is 4.18. The number of halogens is 1. The fraction of sp³-hybridized carbons (Fsp3) is 0.263. The molecule has 0 spiro atoms. The molecule has 1 heterocycles. The van der Waals surface area contributed by atoms with Gasteiger partial charge in [0.2, 0.25) is 0 Å². The molecule has 1 atom stereocenters. The number of carboxylic acids is 1. The Hall–Kier alpha value is -2.93. The first-order valence-electron chi connectivity index (χ1n) is 8.21. The van der Waals surface area contributed by atoms with Gasteiger partial charge in [0.1, 0.15) is 18.5 Å². The number of carbonyl (C=O) groups excluding carboxylic acids is 1. The van der Waals surface area contributed by atoms with E-state index in [1.807, 2.05) is 24.3 Å². The van der Waals surface area contributed by atoms with Crippen LogP contribution in [0.15, 0.2) is 48.5 Å². The number of amides is 2. The van der Waals surface area contributed by atoms with Crippen molar-refractivity contribution in [1.82, 2.24) is 10.2 Å². The molecule has 2 amide bonds. The molecular weight excluding hydrogens is 339 g/mol. The highest BCUT2D eigenvalue weighted by Gasteiger charge is 2.24. The van der Waals surface area contributed by atoms with Gasteiger partial charge in [0.25, 0.3) is 0 Å². The number of carbonyl (C=O) groups is 2. The average Bonchev–Trinajstić information content (AvgIpc) is 3.04. The smallest absolute Gasteiger partial charge is 0.323 e. The van der Waals surface area contributed by atoms with Crippen molar-refractivity contribution in [2.24, 2.45) is 0 Å². The number of ether oxygens (including phenoxy) is 1. The van der Waals surface area contributed by atoms with E-state index < -0.39 is 18.5 Å². The van der Waals surface area contributed by atoms with Crippen LogP contribution in [0.1, 0.15) is 22.8 Å². The van der Waals surface area contributed by atoms with Crippen LogP contribution in [0.4, 0.5) is 9.18 Å². The molecule has 0 radical (unpaired) electrons. The number of urea groups is 1. The number of carboxylic acid groups (broad SMARTS) is 1. The van der Waals surface area contributed by atoms with Crippen LogP contribution in [0.2, 0.25) is 0 Å². The number of benzene rings is 2. The summed E-state index contributed by atoms with van der Waals surface area (Å²) in [5, 5.41) is 11.8. The fourth-order valence-electron chi connectivity index (χ4n) is 2.89. The molecule has 26 heavy (non-hydrogen) atoms. The lowest BCUT2D eigenvalue weighted by atomic mass is 10.1. The van der Waals surface area contributed by atoms with Gasteiger partial charge in [0.05, 0.1) is 6.61 Å². The highest BCUT2D eigenvalue weighted by atomic mass is 19.1. The number of hydrogen-bond donors (Lipinski definition) is 2. The summed E-state index contributed by atoms with van der Waals surface area (Å²) in [5.41, 5.74) is 2.75. The molecule has 136 valence electrons. The fourth-order valence-corrected chi connectivity index (χ4v) is 2.89. The van der Waals surface area contributed by atoms with Crippen molar-refractivity contribution in [2.75, 3.05) is 13.1 Å². The monoisotopic (exact) mass is 358 g/mol. The normalized spacial score (nSPS) is 15.3. The molecule has 0 aliphatic carbocycles. The average molecular weight is 358 g/mol. The molecule has 6 nitrogen and oxygen atoms in total. The Kier molecular flexibility index (Phi) is 5.48. The lowest BCUT2D eigenvalue weighted by Crippen LogP contribution is -2.43. The van der Waals surface area contributed by atoms with Gasteiger partial charge in [0, 0.05) is 13.1 Å². The molecule has 2 N–H and O–H groups in total. The van der Waals surface area contributed by atoms with E-state index in [1.165, 1.54) is 24.3 Å². The van der Waals surface area contributed by atoms with Crippen molar-refractivity contribution in [2.45, 2.75) is 19.3 Å². The molecule has 1 aliphatic rings. The van der Waals surface area contributed by atoms with E-state index in [9.17, 15) is 14.0 Å². The van der Waals surface area contributed by atoms with Crippen LogP contribution in [-0.4, -0.2) is 35.1 Å². The Labute approximate surface area is 150 Å². The highest BCUT2D eigenvalue weighted by Crippen LogP contribution is 2.29. The quantitative estimate of drug-likeness (QED) is 0.832. The zero-order valence-electron chi connectivity index (χ0n) is 14.0. The molecule has 0 fully saturated rings. The zero-order chi connectivity index (χ0) is 18.5. The van der Waals surface area contributed by atoms with Crippen molar-refractivity contribution < 1.29 is 23.8 Å². The van der Waals surface area contributed by atoms with Crippen molar-refractivity contribution in [1.29, 1.82) is 0 Å². The molecular formula is C19H19FN2O4. The SMILES string of the molecule is O=C(O)CN(Cc1ccc(F)cc1)C(=O)NCC1OCc2ccccc21. The standard InChI is InChI=1S/C19H19FN2O4/c20-15-7-5-13(6-8-15)10-22(11-18(23)24)19(25)21-9-17-16-4-2-1-3-14(16)12-26-17/h1-8,17H,9-12H2,(H,21,25)(H,23,24). The van der Waals surface area contributed by atoms with E-state index in [2.05, 4.69) is 5.32 Å². The maximum absolute atomic E-state index is 13.0. The summed E-state index contributed by atoms with van der Waals surface area (Å²) in [7, 11) is 0. The van der Waals surface area contributed by atoms with E-state index in [4.69, 9.17) is 9.84 Å². The third-order valence-electron chi connectivity index (χ3n) is 4.18. The first-order chi connectivity index (χ1) is 12.5. The van der Waals surface area contributed by atoms with Crippen LogP contribution >= 0.6 is 0 Å². The van der Waals surface area contributed by atoms with Gasteiger partial charge >= 0.3 is 12.0 Å². The molecule has 1 unspecified atom stereocenters. The number of fused-ring (bicyclic) bond motifs is 1. The third kappa shape index (κ3) is 4.37. The van der Waals surface area contributed by atoms with Gasteiger partial charge in [-0.1, -0.05) is 36.4 Å². The number of nitrogens with one attached hydrogen (secondary N) is 1. The zero-order valence-corrected chi connectivity index (χ0v) is 14.0. The topological polar surface area (TPSA) is 78.9 Å². The number of nitrogens with zero attached hydrogens (tertiary/aromatic N) is 1. The summed E-state index contributed by atoms with van der Waals surface area (Å²) >= 11 is 0. The highest BCUT2D eigenvalue weighted by molar-refractivity contribution is 5.80. The Morgan fingerprint density at radius 3 is 2.65 bits per heavy atom. The molecule has 2 aromatic carbocycles. The van der Waals surface area contributed by atoms with E-state index in [1.54, 1.807) is 0 Å². The van der Waals surface area contributed by atoms with Gasteiger partial charge < -0.3 is 20.1 Å². The second-order valence-corrected chi connectivity index (χ2v) is 6.06. The summed E-state index contributed by atoms with van der Waals surface area (Å²) in [6.07, 6.45) is -0.257. The molecule has 0 bridgehead atoms. The molecule has 0 saturated heterocycles. The van der Waals surface area contributed by atoms with Crippen molar-refractivity contribution in [3.05, 3.63) is 71.0 Å². The molecule has 0 saturated carbocycles. The predicted octanol–water partition coefficient (Wildman–Crippen LogP) is 2.69. The molecule has 3 rings (SSSR count). The summed E-state index contributed by atoms with van der Waals surface area (Å²) < 4.78 is 18.7. The Morgan fingerprint density at radius 1 is 1.19 bits per heavy atom. The lowest BCUT2D eigenvalue weighted by Gasteiger charge is -2.22. The van der Waals surface area contributed by atoms with Crippen LogP contribution in [0.3, 0.4) is 0 Å². The minimum absolute atomic E-state index is 0.0700. The van der Waals surface area contributed by atoms with Gasteiger partial charge in [-0.3, -0.25) is 4.79 Å². The van der Waals surface area contributed by atoms with Crippen molar-refractivity contribution in [3.8, 4) is 0 Å². The van der Waals surface area contributed by atoms with Gasteiger partial charge in [-0.25, -0.2) is 9.18 Å². The lowest BCUT2D eigenvalue weighted by molar-refractivity contribution is -0.137.